The quantitative estimate of drug-likeness (QED) is 0.174. The molecule has 0 spiro atoms. The Bertz CT molecular complexity index is 2550. The summed E-state index contributed by atoms with van der Waals surface area (Å²) < 4.78 is 5.15. The number of hydrogen-bond donors (Lipinski definition) is 0. The van der Waals surface area contributed by atoms with E-state index < -0.39 is 0 Å². The van der Waals surface area contributed by atoms with E-state index in [-0.39, 0.29) is 6.71 Å². The Morgan fingerprint density at radius 1 is 0.327 bits per heavy atom. The third kappa shape index (κ3) is 3.57. The minimum atomic E-state index is 0.0999. The van der Waals surface area contributed by atoms with Crippen molar-refractivity contribution in [1.29, 1.82) is 0 Å². The molecule has 2 nitrogen and oxygen atoms in total. The van der Waals surface area contributed by atoms with Crippen LogP contribution in [0.25, 0.3) is 77.9 Å². The summed E-state index contributed by atoms with van der Waals surface area (Å²) in [6.45, 7) is 0.0999. The Morgan fingerprint density at radius 2 is 0.694 bits per heavy atom. The molecule has 0 saturated heterocycles. The first-order valence-corrected chi connectivity index (χ1v) is 17.1. The van der Waals surface area contributed by atoms with E-state index >= 15 is 0 Å². The van der Waals surface area contributed by atoms with Gasteiger partial charge in [-0.2, -0.15) is 0 Å². The largest absolute Gasteiger partial charge is 0.310 e. The lowest BCUT2D eigenvalue weighted by molar-refractivity contribution is 1.10. The predicted octanol–water partition coefficient (Wildman–Crippen LogP) is 9.39. The fourth-order valence-electron chi connectivity index (χ4n) is 8.91. The van der Waals surface area contributed by atoms with Gasteiger partial charge >= 0.3 is 0 Å². The number of nitrogens with zero attached hydrogens (tertiary/aromatic N) is 2. The maximum absolute atomic E-state index is 2.58. The topological polar surface area (TPSA) is 9.86 Å². The van der Waals surface area contributed by atoms with Crippen molar-refractivity contribution in [3.63, 3.8) is 0 Å². The van der Waals surface area contributed by atoms with Crippen molar-refractivity contribution in [2.75, 3.05) is 0 Å². The molecule has 4 heterocycles. The molecule has 7 aromatic carbocycles. The minimum Gasteiger partial charge on any atom is -0.310 e. The predicted molar refractivity (Wildman–Crippen MR) is 207 cm³/mol. The average molecular weight is 621 g/mol. The zero-order chi connectivity index (χ0) is 32.1. The summed E-state index contributed by atoms with van der Waals surface area (Å²) in [6.07, 6.45) is 0. The normalized spacial score (nSPS) is 12.4. The molecule has 0 unspecified atom stereocenters. The van der Waals surface area contributed by atoms with Crippen molar-refractivity contribution >= 4 is 44.9 Å². The molecular weight excluding hydrogens is 591 g/mol. The molecule has 2 aliphatic rings. The second-order valence-corrected chi connectivity index (χ2v) is 13.2. The summed E-state index contributed by atoms with van der Waals surface area (Å²) in [6, 6.07) is 64.7. The first kappa shape index (κ1) is 26.7. The number of fused-ring (bicyclic) bond motifs is 4. The highest BCUT2D eigenvalue weighted by atomic mass is 15.0. The molecule has 0 bridgehead atoms. The van der Waals surface area contributed by atoms with E-state index in [0.717, 1.165) is 0 Å². The van der Waals surface area contributed by atoms with Gasteiger partial charge in [0, 0.05) is 44.3 Å². The molecule has 9 aromatic rings. The Hall–Kier alpha value is -6.32. The van der Waals surface area contributed by atoms with Crippen molar-refractivity contribution < 1.29 is 0 Å². The van der Waals surface area contributed by atoms with Crippen LogP contribution >= 0.6 is 0 Å². The van der Waals surface area contributed by atoms with Crippen molar-refractivity contribution in [2.45, 2.75) is 0 Å². The van der Waals surface area contributed by atoms with Crippen molar-refractivity contribution in [1.82, 2.24) is 9.13 Å². The maximum atomic E-state index is 2.58. The van der Waals surface area contributed by atoms with Gasteiger partial charge in [0.05, 0.1) is 11.4 Å². The molecule has 3 heteroatoms. The van der Waals surface area contributed by atoms with Crippen LogP contribution in [0, 0.1) is 0 Å². The van der Waals surface area contributed by atoms with E-state index in [1.807, 2.05) is 0 Å². The fourth-order valence-corrected chi connectivity index (χ4v) is 8.91. The van der Waals surface area contributed by atoms with Gasteiger partial charge in [0.1, 0.15) is 0 Å². The van der Waals surface area contributed by atoms with E-state index in [0.29, 0.717) is 0 Å². The fraction of sp³-hybridized carbons (Fsp3) is 0. The summed E-state index contributed by atoms with van der Waals surface area (Å²) in [4.78, 5) is 0. The highest BCUT2D eigenvalue weighted by Crippen LogP contribution is 2.47. The minimum absolute atomic E-state index is 0.0999. The van der Waals surface area contributed by atoms with Gasteiger partial charge in [0.2, 0.25) is 0 Å². The Balaban J connectivity index is 1.33. The summed E-state index contributed by atoms with van der Waals surface area (Å²) >= 11 is 0. The zero-order valence-electron chi connectivity index (χ0n) is 26.7. The van der Waals surface area contributed by atoms with Crippen LogP contribution in [-0.2, 0) is 0 Å². The van der Waals surface area contributed by atoms with Gasteiger partial charge in [-0.25, -0.2) is 0 Å². The molecular formula is C46H29BN2. The smallest absolute Gasteiger partial charge is 0.252 e. The molecule has 0 fully saturated rings. The molecule has 11 rings (SSSR count). The summed E-state index contributed by atoms with van der Waals surface area (Å²) in [5.41, 5.74) is 19.2. The third-order valence-corrected chi connectivity index (χ3v) is 10.7. The second kappa shape index (κ2) is 10.1. The lowest BCUT2D eigenvalue weighted by atomic mass is 9.34. The van der Waals surface area contributed by atoms with E-state index in [4.69, 9.17) is 0 Å². The van der Waals surface area contributed by atoms with Crippen LogP contribution in [0.1, 0.15) is 0 Å². The standard InChI is InChI=1S/C46H29BN2/c1-5-16-30(17-6-1)40-34-24-13-26-36-45(34)48(43(40)32-20-9-3-10-21-32)38-28-15-29-39-42(38)47(36)37-27-14-25-35-41(31-18-7-2-8-19-31)44(49(39)46(35)37)33-22-11-4-12-23-33/h1-29H. The van der Waals surface area contributed by atoms with Gasteiger partial charge < -0.3 is 9.13 Å². The van der Waals surface area contributed by atoms with Gasteiger partial charge in [-0.15, -0.1) is 0 Å². The molecule has 0 atom stereocenters. The Morgan fingerprint density at radius 3 is 1.10 bits per heavy atom. The van der Waals surface area contributed by atoms with E-state index in [1.165, 1.54) is 94.3 Å². The highest BCUT2D eigenvalue weighted by Gasteiger charge is 2.42. The number of benzene rings is 7. The van der Waals surface area contributed by atoms with Gasteiger partial charge in [-0.3, -0.25) is 0 Å². The van der Waals surface area contributed by atoms with Gasteiger partial charge in [-0.1, -0.05) is 164 Å². The number of rotatable bonds is 4. The van der Waals surface area contributed by atoms with E-state index in [2.05, 4.69) is 185 Å². The molecule has 0 aliphatic carbocycles. The molecule has 49 heavy (non-hydrogen) atoms. The molecule has 0 radical (unpaired) electrons. The number of hydrogen-bond acceptors (Lipinski definition) is 0. The van der Waals surface area contributed by atoms with Crippen LogP contribution in [-0.4, -0.2) is 15.8 Å². The molecule has 2 aliphatic heterocycles. The highest BCUT2D eigenvalue weighted by molar-refractivity contribution is 7.00. The second-order valence-electron chi connectivity index (χ2n) is 13.2. The SMILES string of the molecule is c1ccc(-c2c(-c3ccccc3)n3c4c(cccc24)B2c4c-3cccc4-n3c(-c4ccccc4)c(-c4ccccc4)c4cccc2c43)cc1. The van der Waals surface area contributed by atoms with Crippen LogP contribution in [0.15, 0.2) is 176 Å². The maximum Gasteiger partial charge on any atom is 0.252 e. The molecule has 226 valence electrons. The summed E-state index contributed by atoms with van der Waals surface area (Å²) in [5, 5.41) is 2.59. The van der Waals surface area contributed by atoms with Gasteiger partial charge in [0.25, 0.3) is 6.71 Å². The van der Waals surface area contributed by atoms with Crippen molar-refractivity contribution in [2.24, 2.45) is 0 Å². The van der Waals surface area contributed by atoms with E-state index in [1.54, 1.807) is 0 Å². The van der Waals surface area contributed by atoms with E-state index in [9.17, 15) is 0 Å². The molecule has 2 aromatic heterocycles. The third-order valence-electron chi connectivity index (χ3n) is 10.7. The lowest BCUT2D eigenvalue weighted by Gasteiger charge is -2.34. The van der Waals surface area contributed by atoms with Crippen LogP contribution in [0.2, 0.25) is 0 Å². The number of para-hydroxylation sites is 2. The first-order valence-electron chi connectivity index (χ1n) is 17.1. The monoisotopic (exact) mass is 620 g/mol. The van der Waals surface area contributed by atoms with Crippen LogP contribution in [0.5, 0.6) is 0 Å². The first-order chi connectivity index (χ1) is 24.4. The van der Waals surface area contributed by atoms with Crippen molar-refractivity contribution in [3.8, 4) is 56.1 Å². The molecule has 0 amide bonds. The Labute approximate surface area is 285 Å². The summed E-state index contributed by atoms with van der Waals surface area (Å²) in [7, 11) is 0. The number of aromatic nitrogens is 2. The Kier molecular flexibility index (Phi) is 5.50. The van der Waals surface area contributed by atoms with Crippen molar-refractivity contribution in [3.05, 3.63) is 176 Å². The average Bonchev–Trinajstić information content (AvgIpc) is 3.71. The van der Waals surface area contributed by atoms with Crippen LogP contribution < -0.4 is 16.4 Å². The molecule has 0 N–H and O–H groups in total. The van der Waals surface area contributed by atoms with Gasteiger partial charge in [-0.05, 0) is 50.8 Å². The zero-order valence-corrected chi connectivity index (χ0v) is 26.7. The van der Waals surface area contributed by atoms with Crippen LogP contribution in [0.3, 0.4) is 0 Å². The molecule has 0 saturated carbocycles. The summed E-state index contributed by atoms with van der Waals surface area (Å²) in [5.74, 6) is 0. The van der Waals surface area contributed by atoms with Gasteiger partial charge in [0.15, 0.2) is 0 Å². The van der Waals surface area contributed by atoms with Crippen LogP contribution in [0.4, 0.5) is 0 Å². The lowest BCUT2D eigenvalue weighted by Crippen LogP contribution is -2.59.